The van der Waals surface area contributed by atoms with E-state index in [1.54, 1.807) is 18.2 Å². The van der Waals surface area contributed by atoms with Gasteiger partial charge >= 0.3 is 5.97 Å². The monoisotopic (exact) mass is 345 g/mol. The van der Waals surface area contributed by atoms with Gasteiger partial charge < -0.3 is 10.6 Å². The van der Waals surface area contributed by atoms with E-state index in [4.69, 9.17) is 10.6 Å². The van der Waals surface area contributed by atoms with Gasteiger partial charge in [0.2, 0.25) is 0 Å². The smallest absolute Gasteiger partial charge is 0.337 e. The van der Waals surface area contributed by atoms with Crippen LogP contribution in [0.25, 0.3) is 22.4 Å². The number of hydrogen-bond donors (Lipinski definition) is 1. The molecule has 0 aliphatic carbocycles. The molecule has 0 aliphatic rings. The number of nitrogen functional groups attached to an aromatic ring is 1. The standard InChI is InChI=1S/C15H12BrN3O2/c1-21-15(20)10-4-7-13-12(8-10)18-14(19(13)17)9-2-5-11(16)6-3-9/h2-8H,17H2,1H3. The molecular weight excluding hydrogens is 334 g/mol. The Kier molecular flexibility index (Phi) is 3.39. The van der Waals surface area contributed by atoms with Crippen LogP contribution >= 0.6 is 15.9 Å². The lowest BCUT2D eigenvalue weighted by Crippen LogP contribution is -2.09. The van der Waals surface area contributed by atoms with E-state index in [9.17, 15) is 4.79 Å². The third-order valence-corrected chi connectivity index (χ3v) is 3.74. The maximum atomic E-state index is 11.6. The number of carbonyl (C=O) groups excluding carboxylic acids is 1. The zero-order chi connectivity index (χ0) is 15.0. The lowest BCUT2D eigenvalue weighted by atomic mass is 10.2. The van der Waals surface area contributed by atoms with Crippen molar-refractivity contribution < 1.29 is 9.53 Å². The highest BCUT2D eigenvalue weighted by Gasteiger charge is 2.13. The zero-order valence-electron chi connectivity index (χ0n) is 11.2. The van der Waals surface area contributed by atoms with Crippen LogP contribution in [0, 0.1) is 0 Å². The molecule has 0 amide bonds. The van der Waals surface area contributed by atoms with Crippen molar-refractivity contribution in [2.75, 3.05) is 13.0 Å². The second-order valence-corrected chi connectivity index (χ2v) is 5.42. The van der Waals surface area contributed by atoms with Gasteiger partial charge in [0.1, 0.15) is 0 Å². The predicted molar refractivity (Wildman–Crippen MR) is 84.4 cm³/mol. The molecule has 0 spiro atoms. The fourth-order valence-corrected chi connectivity index (χ4v) is 2.41. The summed E-state index contributed by atoms with van der Waals surface area (Å²) in [5.41, 5.74) is 2.75. The molecule has 1 heterocycles. The largest absolute Gasteiger partial charge is 0.465 e. The Labute approximate surface area is 129 Å². The second kappa shape index (κ2) is 5.21. The lowest BCUT2D eigenvalue weighted by molar-refractivity contribution is 0.0601. The predicted octanol–water partition coefficient (Wildman–Crippen LogP) is 2.97. The summed E-state index contributed by atoms with van der Waals surface area (Å²) in [6, 6.07) is 12.8. The van der Waals surface area contributed by atoms with Crippen molar-refractivity contribution in [1.82, 2.24) is 9.66 Å². The molecule has 0 saturated heterocycles. The average Bonchev–Trinajstić information content (AvgIpc) is 2.84. The van der Waals surface area contributed by atoms with Crippen LogP contribution < -0.4 is 5.84 Å². The van der Waals surface area contributed by atoms with Crippen molar-refractivity contribution in [3.63, 3.8) is 0 Å². The summed E-state index contributed by atoms with van der Waals surface area (Å²) in [5, 5.41) is 0. The summed E-state index contributed by atoms with van der Waals surface area (Å²) in [5.74, 6) is 6.34. The molecule has 5 nitrogen and oxygen atoms in total. The Morgan fingerprint density at radius 3 is 2.62 bits per heavy atom. The number of carbonyl (C=O) groups is 1. The molecule has 0 radical (unpaired) electrons. The number of nitrogens with two attached hydrogens (primary N) is 1. The van der Waals surface area contributed by atoms with E-state index in [1.165, 1.54) is 11.8 Å². The SMILES string of the molecule is COC(=O)c1ccc2c(c1)nc(-c1ccc(Br)cc1)n2N. The molecule has 0 aliphatic heterocycles. The zero-order valence-corrected chi connectivity index (χ0v) is 12.8. The molecule has 1 aromatic heterocycles. The molecule has 0 unspecified atom stereocenters. The lowest BCUT2D eigenvalue weighted by Gasteiger charge is -2.02. The fraction of sp³-hybridized carbons (Fsp3) is 0.0667. The molecule has 21 heavy (non-hydrogen) atoms. The van der Waals surface area contributed by atoms with Gasteiger partial charge in [0.15, 0.2) is 5.82 Å². The molecule has 6 heteroatoms. The minimum absolute atomic E-state index is 0.395. The molecule has 2 aromatic carbocycles. The maximum absolute atomic E-state index is 11.6. The normalized spacial score (nSPS) is 10.8. The highest BCUT2D eigenvalue weighted by molar-refractivity contribution is 9.10. The summed E-state index contributed by atoms with van der Waals surface area (Å²) < 4.78 is 7.21. The minimum Gasteiger partial charge on any atom is -0.465 e. The van der Waals surface area contributed by atoms with Crippen molar-refractivity contribution in [2.45, 2.75) is 0 Å². The van der Waals surface area contributed by atoms with Gasteiger partial charge in [-0.15, -0.1) is 0 Å². The quantitative estimate of drug-likeness (QED) is 0.572. The third kappa shape index (κ3) is 2.38. The van der Waals surface area contributed by atoms with Gasteiger partial charge in [-0.1, -0.05) is 28.1 Å². The molecule has 0 fully saturated rings. The van der Waals surface area contributed by atoms with Gasteiger partial charge in [-0.25, -0.2) is 14.5 Å². The van der Waals surface area contributed by atoms with E-state index in [0.717, 1.165) is 15.6 Å². The number of aromatic nitrogens is 2. The van der Waals surface area contributed by atoms with Crippen LogP contribution in [0.5, 0.6) is 0 Å². The number of ether oxygens (including phenoxy) is 1. The molecule has 0 saturated carbocycles. The highest BCUT2D eigenvalue weighted by atomic mass is 79.9. The van der Waals surface area contributed by atoms with Crippen molar-refractivity contribution >= 4 is 32.9 Å². The maximum Gasteiger partial charge on any atom is 0.337 e. The Bertz CT molecular complexity index is 825. The van der Waals surface area contributed by atoms with E-state index in [1.807, 2.05) is 24.3 Å². The molecule has 106 valence electrons. The van der Waals surface area contributed by atoms with Crippen LogP contribution in [-0.4, -0.2) is 22.7 Å². The molecule has 0 bridgehead atoms. The van der Waals surface area contributed by atoms with Crippen molar-refractivity contribution in [1.29, 1.82) is 0 Å². The molecule has 3 aromatic rings. The van der Waals surface area contributed by atoms with Gasteiger partial charge in [-0.3, -0.25) is 0 Å². The third-order valence-electron chi connectivity index (χ3n) is 3.21. The Morgan fingerprint density at radius 2 is 1.95 bits per heavy atom. The number of nitrogens with zero attached hydrogens (tertiary/aromatic N) is 2. The summed E-state index contributed by atoms with van der Waals surface area (Å²) in [6.45, 7) is 0. The van der Waals surface area contributed by atoms with Crippen molar-refractivity contribution in [3.8, 4) is 11.4 Å². The van der Waals surface area contributed by atoms with Gasteiger partial charge in [0, 0.05) is 10.0 Å². The Hall–Kier alpha value is -2.34. The number of hydrogen-bond acceptors (Lipinski definition) is 4. The highest BCUT2D eigenvalue weighted by Crippen LogP contribution is 2.24. The fourth-order valence-electron chi connectivity index (χ4n) is 2.15. The van der Waals surface area contributed by atoms with Crippen LogP contribution in [0.2, 0.25) is 0 Å². The molecule has 3 rings (SSSR count). The van der Waals surface area contributed by atoms with E-state index in [2.05, 4.69) is 20.9 Å². The van der Waals surface area contributed by atoms with Crippen LogP contribution in [0.15, 0.2) is 46.9 Å². The second-order valence-electron chi connectivity index (χ2n) is 4.51. The minimum atomic E-state index is -0.395. The Balaban J connectivity index is 2.14. The number of esters is 1. The number of rotatable bonds is 2. The van der Waals surface area contributed by atoms with Gasteiger partial charge in [-0.05, 0) is 30.3 Å². The summed E-state index contributed by atoms with van der Waals surface area (Å²) in [6.07, 6.45) is 0. The summed E-state index contributed by atoms with van der Waals surface area (Å²) in [4.78, 5) is 16.1. The van der Waals surface area contributed by atoms with E-state index < -0.39 is 5.97 Å². The first-order valence-corrected chi connectivity index (χ1v) is 7.01. The number of halogens is 1. The van der Waals surface area contributed by atoms with Gasteiger partial charge in [-0.2, -0.15) is 0 Å². The summed E-state index contributed by atoms with van der Waals surface area (Å²) in [7, 11) is 1.35. The first kappa shape index (κ1) is 13.6. The number of methoxy groups -OCH3 is 1. The molecule has 2 N–H and O–H groups in total. The number of fused-ring (bicyclic) bond motifs is 1. The van der Waals surface area contributed by atoms with Crippen LogP contribution in [-0.2, 0) is 4.74 Å². The molecule has 0 atom stereocenters. The van der Waals surface area contributed by atoms with Crippen LogP contribution in [0.1, 0.15) is 10.4 Å². The number of benzene rings is 2. The van der Waals surface area contributed by atoms with Crippen LogP contribution in [0.3, 0.4) is 0 Å². The topological polar surface area (TPSA) is 70.1 Å². The van der Waals surface area contributed by atoms with E-state index in [-0.39, 0.29) is 0 Å². The van der Waals surface area contributed by atoms with E-state index in [0.29, 0.717) is 16.9 Å². The first-order valence-electron chi connectivity index (χ1n) is 6.22. The Morgan fingerprint density at radius 1 is 1.24 bits per heavy atom. The first-order chi connectivity index (χ1) is 10.1. The average molecular weight is 346 g/mol. The molecular formula is C15H12BrN3O2. The van der Waals surface area contributed by atoms with Gasteiger partial charge in [0.05, 0.1) is 23.7 Å². The number of imidazole rings is 1. The van der Waals surface area contributed by atoms with Gasteiger partial charge in [0.25, 0.3) is 0 Å². The van der Waals surface area contributed by atoms with Crippen molar-refractivity contribution in [3.05, 3.63) is 52.5 Å². The van der Waals surface area contributed by atoms with Crippen molar-refractivity contribution in [2.24, 2.45) is 0 Å². The summed E-state index contributed by atoms with van der Waals surface area (Å²) >= 11 is 3.39. The van der Waals surface area contributed by atoms with Crippen LogP contribution in [0.4, 0.5) is 0 Å². The van der Waals surface area contributed by atoms with E-state index >= 15 is 0 Å².